The molecule has 25 heavy (non-hydrogen) atoms. The fourth-order valence-corrected chi connectivity index (χ4v) is 3.66. The van der Waals surface area contributed by atoms with Gasteiger partial charge in [-0.15, -0.1) is 11.3 Å². The van der Waals surface area contributed by atoms with E-state index in [1.807, 2.05) is 28.5 Å². The normalized spacial score (nSPS) is 16.0. The third kappa shape index (κ3) is 4.99. The molecule has 0 spiro atoms. The first-order valence-electron chi connectivity index (χ1n) is 8.21. The van der Waals surface area contributed by atoms with Gasteiger partial charge in [-0.2, -0.15) is 8.78 Å². The number of hydrogen-bond acceptors (Lipinski definition) is 4. The van der Waals surface area contributed by atoms with Gasteiger partial charge in [-0.05, 0) is 35.6 Å². The first-order valence-corrected chi connectivity index (χ1v) is 9.08. The van der Waals surface area contributed by atoms with Crippen LogP contribution in [0.5, 0.6) is 5.75 Å². The van der Waals surface area contributed by atoms with Crippen molar-refractivity contribution >= 4 is 17.2 Å². The lowest BCUT2D eigenvalue weighted by Crippen LogP contribution is -2.34. The smallest absolute Gasteiger partial charge is 0.387 e. The van der Waals surface area contributed by atoms with Crippen molar-refractivity contribution in [1.29, 1.82) is 0 Å². The van der Waals surface area contributed by atoms with Gasteiger partial charge in [-0.3, -0.25) is 9.69 Å². The molecule has 0 saturated carbocycles. The second-order valence-electron chi connectivity index (χ2n) is 5.93. The molecule has 1 aromatic heterocycles. The van der Waals surface area contributed by atoms with Gasteiger partial charge in [-0.1, -0.05) is 18.2 Å². The molecule has 2 heterocycles. The number of carbonyl (C=O) groups excluding carboxylic acids is 1. The molecule has 0 radical (unpaired) electrons. The molecular formula is C18H20F2N2O2S. The molecule has 1 amide bonds. The van der Waals surface area contributed by atoms with E-state index in [1.165, 1.54) is 17.4 Å². The molecule has 1 aliphatic heterocycles. The number of halogens is 2. The van der Waals surface area contributed by atoms with E-state index in [0.29, 0.717) is 13.1 Å². The van der Waals surface area contributed by atoms with Gasteiger partial charge in [0.25, 0.3) is 5.91 Å². The van der Waals surface area contributed by atoms with Crippen LogP contribution in [-0.4, -0.2) is 48.5 Å². The highest BCUT2D eigenvalue weighted by molar-refractivity contribution is 7.12. The van der Waals surface area contributed by atoms with Crippen molar-refractivity contribution in [2.45, 2.75) is 19.6 Å². The summed E-state index contributed by atoms with van der Waals surface area (Å²) in [6.07, 6.45) is 0.893. The predicted octanol–water partition coefficient (Wildman–Crippen LogP) is 3.70. The molecule has 1 fully saturated rings. The van der Waals surface area contributed by atoms with Crippen molar-refractivity contribution in [2.75, 3.05) is 26.2 Å². The molecule has 0 aliphatic carbocycles. The van der Waals surface area contributed by atoms with Crippen LogP contribution in [0.15, 0.2) is 41.8 Å². The second-order valence-corrected chi connectivity index (χ2v) is 6.87. The van der Waals surface area contributed by atoms with E-state index in [4.69, 9.17) is 0 Å². The summed E-state index contributed by atoms with van der Waals surface area (Å²) < 4.78 is 29.1. The number of amides is 1. The van der Waals surface area contributed by atoms with Crippen LogP contribution in [-0.2, 0) is 6.54 Å². The summed E-state index contributed by atoms with van der Waals surface area (Å²) in [5, 5.41) is 1.91. The number of hydrogen-bond donors (Lipinski definition) is 0. The Bertz CT molecular complexity index is 694. The third-order valence-electron chi connectivity index (χ3n) is 4.14. The van der Waals surface area contributed by atoms with E-state index in [-0.39, 0.29) is 11.7 Å². The van der Waals surface area contributed by atoms with E-state index < -0.39 is 6.61 Å². The monoisotopic (exact) mass is 366 g/mol. The number of rotatable bonds is 5. The van der Waals surface area contributed by atoms with Crippen LogP contribution < -0.4 is 4.74 Å². The Labute approximate surface area is 149 Å². The Hall–Kier alpha value is -1.99. The zero-order valence-electron chi connectivity index (χ0n) is 13.7. The summed E-state index contributed by atoms with van der Waals surface area (Å²) in [6.45, 7) is 0.878. The number of benzene rings is 1. The molecule has 1 aliphatic rings. The van der Waals surface area contributed by atoms with Crippen molar-refractivity contribution in [1.82, 2.24) is 9.80 Å². The van der Waals surface area contributed by atoms with Crippen LogP contribution in [0.1, 0.15) is 21.7 Å². The molecule has 2 aromatic rings. The summed E-state index contributed by atoms with van der Waals surface area (Å²) in [6, 6.07) is 10.5. The molecule has 4 nitrogen and oxygen atoms in total. The Morgan fingerprint density at radius 2 is 2.04 bits per heavy atom. The van der Waals surface area contributed by atoms with Crippen LogP contribution in [0.3, 0.4) is 0 Å². The zero-order valence-corrected chi connectivity index (χ0v) is 14.6. The van der Waals surface area contributed by atoms with Crippen molar-refractivity contribution in [2.24, 2.45) is 0 Å². The largest absolute Gasteiger partial charge is 0.435 e. The SMILES string of the molecule is O=C(c1cccs1)N1CCCN(Cc2cccc(OC(F)F)c2)CC1. The molecule has 134 valence electrons. The molecule has 0 atom stereocenters. The van der Waals surface area contributed by atoms with Gasteiger partial charge in [0.1, 0.15) is 5.75 Å². The van der Waals surface area contributed by atoms with Gasteiger partial charge in [-0.25, -0.2) is 0 Å². The van der Waals surface area contributed by atoms with E-state index >= 15 is 0 Å². The summed E-state index contributed by atoms with van der Waals surface area (Å²) in [5.41, 5.74) is 0.927. The highest BCUT2D eigenvalue weighted by atomic mass is 32.1. The number of alkyl halides is 2. The molecule has 0 N–H and O–H groups in total. The van der Waals surface area contributed by atoms with Gasteiger partial charge >= 0.3 is 6.61 Å². The Morgan fingerprint density at radius 1 is 1.16 bits per heavy atom. The topological polar surface area (TPSA) is 32.8 Å². The standard InChI is InChI=1S/C18H20F2N2O2S/c19-18(20)24-15-5-1-4-14(12-15)13-21-7-3-8-22(10-9-21)17(23)16-6-2-11-25-16/h1-2,4-6,11-12,18H,3,7-10,13H2. The van der Waals surface area contributed by atoms with Crippen LogP contribution in [0.4, 0.5) is 8.78 Å². The Balaban J connectivity index is 1.57. The Morgan fingerprint density at radius 3 is 2.80 bits per heavy atom. The Kier molecular flexibility index (Phi) is 5.99. The highest BCUT2D eigenvalue weighted by Gasteiger charge is 2.21. The molecule has 3 rings (SSSR count). The van der Waals surface area contributed by atoms with Gasteiger partial charge in [0.05, 0.1) is 4.88 Å². The van der Waals surface area contributed by atoms with Crippen LogP contribution in [0.25, 0.3) is 0 Å². The second kappa shape index (κ2) is 8.40. The molecule has 0 bridgehead atoms. The number of ether oxygens (including phenoxy) is 1. The summed E-state index contributed by atoms with van der Waals surface area (Å²) >= 11 is 1.46. The zero-order chi connectivity index (χ0) is 17.6. The van der Waals surface area contributed by atoms with Gasteiger partial charge < -0.3 is 9.64 Å². The first-order chi connectivity index (χ1) is 12.1. The molecule has 7 heteroatoms. The number of thiophene rings is 1. The molecular weight excluding hydrogens is 346 g/mol. The maximum Gasteiger partial charge on any atom is 0.387 e. The average Bonchev–Trinajstić information content (AvgIpc) is 3.02. The van der Waals surface area contributed by atoms with E-state index in [0.717, 1.165) is 36.5 Å². The highest BCUT2D eigenvalue weighted by Crippen LogP contribution is 2.19. The number of carbonyl (C=O) groups is 1. The lowest BCUT2D eigenvalue weighted by atomic mass is 10.2. The quantitative estimate of drug-likeness (QED) is 0.809. The van der Waals surface area contributed by atoms with E-state index in [2.05, 4.69) is 9.64 Å². The summed E-state index contributed by atoms with van der Waals surface area (Å²) in [5.74, 6) is 0.265. The maximum absolute atomic E-state index is 12.5. The lowest BCUT2D eigenvalue weighted by molar-refractivity contribution is -0.0499. The molecule has 1 aromatic carbocycles. The van der Waals surface area contributed by atoms with Crippen molar-refractivity contribution in [3.05, 3.63) is 52.2 Å². The van der Waals surface area contributed by atoms with Gasteiger partial charge in [0.15, 0.2) is 0 Å². The summed E-state index contributed by atoms with van der Waals surface area (Å²) in [7, 11) is 0. The third-order valence-corrected chi connectivity index (χ3v) is 5.00. The van der Waals surface area contributed by atoms with Gasteiger partial charge in [0, 0.05) is 32.7 Å². The lowest BCUT2D eigenvalue weighted by Gasteiger charge is -2.22. The van der Waals surface area contributed by atoms with Crippen LogP contribution in [0, 0.1) is 0 Å². The molecule has 0 unspecified atom stereocenters. The molecule has 1 saturated heterocycles. The van der Waals surface area contributed by atoms with Crippen LogP contribution in [0.2, 0.25) is 0 Å². The summed E-state index contributed by atoms with van der Waals surface area (Å²) in [4.78, 5) is 17.4. The maximum atomic E-state index is 12.5. The van der Waals surface area contributed by atoms with Gasteiger partial charge in [0.2, 0.25) is 0 Å². The minimum Gasteiger partial charge on any atom is -0.435 e. The van der Waals surface area contributed by atoms with E-state index in [1.54, 1.807) is 12.1 Å². The fraction of sp³-hybridized carbons (Fsp3) is 0.389. The predicted molar refractivity (Wildman–Crippen MR) is 93.2 cm³/mol. The minimum absolute atomic E-state index is 0.0872. The van der Waals surface area contributed by atoms with Crippen molar-refractivity contribution in [3.63, 3.8) is 0 Å². The van der Waals surface area contributed by atoms with Crippen molar-refractivity contribution < 1.29 is 18.3 Å². The van der Waals surface area contributed by atoms with Crippen LogP contribution >= 0.6 is 11.3 Å². The first kappa shape index (κ1) is 17.8. The fourth-order valence-electron chi connectivity index (χ4n) is 2.97. The van der Waals surface area contributed by atoms with Crippen molar-refractivity contribution in [3.8, 4) is 5.75 Å². The minimum atomic E-state index is -2.81. The number of nitrogens with zero attached hydrogens (tertiary/aromatic N) is 2. The average molecular weight is 366 g/mol. The van der Waals surface area contributed by atoms with E-state index in [9.17, 15) is 13.6 Å².